The van der Waals surface area contributed by atoms with Gasteiger partial charge in [0.15, 0.2) is 0 Å². The van der Waals surface area contributed by atoms with Gasteiger partial charge in [-0.15, -0.1) is 0 Å². The van der Waals surface area contributed by atoms with Gasteiger partial charge in [0.25, 0.3) is 0 Å². The molecule has 0 unspecified atom stereocenters. The van der Waals surface area contributed by atoms with E-state index in [1.165, 1.54) is 36.4 Å². The molecule has 2 rings (SSSR count). The summed E-state index contributed by atoms with van der Waals surface area (Å²) in [6.45, 7) is 1.15. The van der Waals surface area contributed by atoms with E-state index in [1.807, 2.05) is 0 Å². The first-order valence-corrected chi connectivity index (χ1v) is 9.27. The number of sulfonamides is 1. The number of anilines is 1. The lowest BCUT2D eigenvalue weighted by molar-refractivity contribution is -0.116. The predicted octanol–water partition coefficient (Wildman–Crippen LogP) is 1.63. The van der Waals surface area contributed by atoms with Gasteiger partial charge in [-0.05, 0) is 54.9 Å². The van der Waals surface area contributed by atoms with Crippen molar-refractivity contribution in [1.82, 2.24) is 5.32 Å². The van der Waals surface area contributed by atoms with E-state index in [9.17, 15) is 17.6 Å². The van der Waals surface area contributed by atoms with Crippen LogP contribution in [0.4, 0.5) is 10.1 Å². The summed E-state index contributed by atoms with van der Waals surface area (Å²) < 4.78 is 35.1. The molecule has 6 nitrogen and oxygen atoms in total. The van der Waals surface area contributed by atoms with Crippen molar-refractivity contribution in [3.05, 3.63) is 59.9 Å². The number of amides is 1. The summed E-state index contributed by atoms with van der Waals surface area (Å²) in [5, 5.41) is 10.9. The minimum absolute atomic E-state index is 0.0849. The maximum atomic E-state index is 12.8. The van der Waals surface area contributed by atoms with Gasteiger partial charge in [0.2, 0.25) is 15.9 Å². The highest BCUT2D eigenvalue weighted by molar-refractivity contribution is 7.89. The van der Waals surface area contributed by atoms with E-state index in [1.54, 1.807) is 12.1 Å². The lowest BCUT2D eigenvalue weighted by Gasteiger charge is -2.07. The number of hydrogen-bond donors (Lipinski definition) is 3. The molecule has 4 N–H and O–H groups in total. The monoisotopic (exact) mass is 365 g/mol. The topological polar surface area (TPSA) is 101 Å². The fourth-order valence-corrected chi connectivity index (χ4v) is 2.68. The second kappa shape index (κ2) is 8.70. The van der Waals surface area contributed by atoms with E-state index >= 15 is 0 Å². The van der Waals surface area contributed by atoms with Crippen molar-refractivity contribution < 1.29 is 17.6 Å². The van der Waals surface area contributed by atoms with Crippen molar-refractivity contribution in [3.63, 3.8) is 0 Å². The molecule has 2 aromatic carbocycles. The second-order valence-corrected chi connectivity index (χ2v) is 7.06. The second-order valence-electron chi connectivity index (χ2n) is 5.49. The van der Waals surface area contributed by atoms with E-state index in [0.29, 0.717) is 31.6 Å². The maximum absolute atomic E-state index is 12.8. The van der Waals surface area contributed by atoms with Crippen LogP contribution in [-0.2, 0) is 21.2 Å². The summed E-state index contributed by atoms with van der Waals surface area (Å²) in [5.41, 5.74) is 1.53. The molecule has 0 saturated heterocycles. The van der Waals surface area contributed by atoms with E-state index in [0.717, 1.165) is 5.56 Å². The molecule has 0 saturated carbocycles. The van der Waals surface area contributed by atoms with Crippen molar-refractivity contribution in [2.45, 2.75) is 17.7 Å². The highest BCUT2D eigenvalue weighted by atomic mass is 32.2. The minimum Gasteiger partial charge on any atom is -0.326 e. The van der Waals surface area contributed by atoms with Gasteiger partial charge in [0, 0.05) is 18.7 Å². The highest BCUT2D eigenvalue weighted by Gasteiger charge is 2.06. The van der Waals surface area contributed by atoms with Crippen molar-refractivity contribution >= 4 is 21.6 Å². The Morgan fingerprint density at radius 2 is 1.64 bits per heavy atom. The van der Waals surface area contributed by atoms with Crippen LogP contribution >= 0.6 is 0 Å². The minimum atomic E-state index is -3.67. The summed E-state index contributed by atoms with van der Waals surface area (Å²) in [6, 6.07) is 12.0. The summed E-state index contributed by atoms with van der Waals surface area (Å²) in [4.78, 5) is 11.8. The highest BCUT2D eigenvalue weighted by Crippen LogP contribution is 2.09. The molecule has 0 radical (unpaired) electrons. The molecule has 0 spiro atoms. The first-order chi connectivity index (χ1) is 11.8. The third kappa shape index (κ3) is 6.61. The molecule has 0 aliphatic heterocycles. The van der Waals surface area contributed by atoms with Gasteiger partial charge in [-0.2, -0.15) is 0 Å². The smallest absolute Gasteiger partial charge is 0.238 e. The summed E-state index contributed by atoms with van der Waals surface area (Å²) in [7, 11) is -3.67. The first-order valence-electron chi connectivity index (χ1n) is 7.72. The summed E-state index contributed by atoms with van der Waals surface area (Å²) >= 11 is 0. The Bertz CT molecular complexity index is 806. The van der Waals surface area contributed by atoms with Crippen LogP contribution in [0, 0.1) is 5.82 Å². The number of primary sulfonamides is 1. The Balaban J connectivity index is 1.66. The van der Waals surface area contributed by atoms with Crippen LogP contribution < -0.4 is 15.8 Å². The van der Waals surface area contributed by atoms with Gasteiger partial charge >= 0.3 is 0 Å². The van der Waals surface area contributed by atoms with Crippen LogP contribution in [0.25, 0.3) is 0 Å². The van der Waals surface area contributed by atoms with E-state index in [-0.39, 0.29) is 16.6 Å². The van der Waals surface area contributed by atoms with Crippen molar-refractivity contribution in [3.8, 4) is 0 Å². The molecular formula is C17H20FN3O3S. The molecule has 0 aromatic heterocycles. The summed E-state index contributed by atoms with van der Waals surface area (Å²) in [6.07, 6.45) is 0.992. The molecule has 0 heterocycles. The van der Waals surface area contributed by atoms with Crippen molar-refractivity contribution in [1.29, 1.82) is 0 Å². The number of nitrogens with two attached hydrogens (primary N) is 1. The number of carbonyl (C=O) groups is 1. The zero-order valence-corrected chi connectivity index (χ0v) is 14.4. The number of rotatable bonds is 8. The number of carbonyl (C=O) groups excluding carboxylic acids is 1. The van der Waals surface area contributed by atoms with E-state index in [2.05, 4.69) is 10.6 Å². The average molecular weight is 365 g/mol. The summed E-state index contributed by atoms with van der Waals surface area (Å²) in [5.74, 6) is -0.506. The third-order valence-electron chi connectivity index (χ3n) is 3.50. The standard InChI is InChI=1S/C17H20FN3O3S/c18-14-3-5-15(6-4-14)21-17(22)10-12-20-11-9-13-1-7-16(8-2-13)25(19,23)24/h1-8,20H,9-12H2,(H,21,22)(H2,19,23,24). The lowest BCUT2D eigenvalue weighted by atomic mass is 10.1. The Kier molecular flexibility index (Phi) is 6.63. The van der Waals surface area contributed by atoms with Gasteiger partial charge in [0.1, 0.15) is 5.82 Å². The predicted molar refractivity (Wildman–Crippen MR) is 94.0 cm³/mol. The molecule has 0 aliphatic rings. The average Bonchev–Trinajstić information content (AvgIpc) is 2.56. The third-order valence-corrected chi connectivity index (χ3v) is 4.43. The van der Waals surface area contributed by atoms with Crippen LogP contribution in [0.1, 0.15) is 12.0 Å². The Labute approximate surface area is 146 Å². The van der Waals surface area contributed by atoms with Gasteiger partial charge in [-0.25, -0.2) is 17.9 Å². The van der Waals surface area contributed by atoms with Crippen LogP contribution in [0.5, 0.6) is 0 Å². The van der Waals surface area contributed by atoms with Crippen LogP contribution in [-0.4, -0.2) is 27.4 Å². The molecule has 0 atom stereocenters. The molecule has 134 valence electrons. The molecule has 0 aliphatic carbocycles. The fourth-order valence-electron chi connectivity index (χ4n) is 2.16. The molecule has 0 fully saturated rings. The molecule has 1 amide bonds. The Hall–Kier alpha value is -2.29. The van der Waals surface area contributed by atoms with E-state index < -0.39 is 10.0 Å². The Morgan fingerprint density at radius 1 is 1.00 bits per heavy atom. The Morgan fingerprint density at radius 3 is 2.24 bits per heavy atom. The van der Waals surface area contributed by atoms with Gasteiger partial charge in [0.05, 0.1) is 4.90 Å². The molecule has 2 aromatic rings. The molecule has 25 heavy (non-hydrogen) atoms. The van der Waals surface area contributed by atoms with Crippen LogP contribution in [0.2, 0.25) is 0 Å². The molecule has 8 heteroatoms. The van der Waals surface area contributed by atoms with E-state index in [4.69, 9.17) is 5.14 Å². The molecular weight excluding hydrogens is 345 g/mol. The van der Waals surface area contributed by atoms with Gasteiger partial charge in [-0.3, -0.25) is 4.79 Å². The fraction of sp³-hybridized carbons (Fsp3) is 0.235. The zero-order chi connectivity index (χ0) is 18.3. The maximum Gasteiger partial charge on any atom is 0.238 e. The number of benzene rings is 2. The number of halogens is 1. The first kappa shape index (κ1) is 19.0. The SMILES string of the molecule is NS(=O)(=O)c1ccc(CCNCCC(=O)Nc2ccc(F)cc2)cc1. The zero-order valence-electron chi connectivity index (χ0n) is 13.5. The van der Waals surface area contributed by atoms with Crippen molar-refractivity contribution in [2.75, 3.05) is 18.4 Å². The number of hydrogen-bond acceptors (Lipinski definition) is 4. The lowest BCUT2D eigenvalue weighted by Crippen LogP contribution is -2.23. The van der Waals surface area contributed by atoms with Crippen molar-refractivity contribution in [2.24, 2.45) is 5.14 Å². The van der Waals surface area contributed by atoms with Crippen LogP contribution in [0.15, 0.2) is 53.4 Å². The molecule has 0 bridgehead atoms. The van der Waals surface area contributed by atoms with Crippen LogP contribution in [0.3, 0.4) is 0 Å². The number of nitrogens with one attached hydrogen (secondary N) is 2. The normalized spacial score (nSPS) is 11.3. The largest absolute Gasteiger partial charge is 0.326 e. The van der Waals surface area contributed by atoms with Gasteiger partial charge in [-0.1, -0.05) is 12.1 Å². The van der Waals surface area contributed by atoms with Gasteiger partial charge < -0.3 is 10.6 Å². The quantitative estimate of drug-likeness (QED) is 0.619.